The predicted octanol–water partition coefficient (Wildman–Crippen LogP) is 1.55. The Morgan fingerprint density at radius 2 is 2.05 bits per heavy atom. The molecule has 120 valence electrons. The van der Waals surface area contributed by atoms with E-state index in [0.717, 1.165) is 12.7 Å². The summed E-state index contributed by atoms with van der Waals surface area (Å²) in [5.41, 5.74) is 6.59. The smallest absolute Gasteiger partial charge is 0.208 e. The molecule has 0 aliphatic rings. The van der Waals surface area contributed by atoms with Crippen molar-refractivity contribution in [2.75, 3.05) is 37.0 Å². The van der Waals surface area contributed by atoms with E-state index in [-0.39, 0.29) is 11.4 Å². The van der Waals surface area contributed by atoms with Crippen LogP contribution in [0.25, 0.3) is 0 Å². The summed E-state index contributed by atoms with van der Waals surface area (Å²) in [7, 11) is -3.17. The highest BCUT2D eigenvalue weighted by molar-refractivity contribution is 7.88. The van der Waals surface area contributed by atoms with Crippen molar-refractivity contribution in [2.45, 2.75) is 19.8 Å². The lowest BCUT2D eigenvalue weighted by Gasteiger charge is -2.13. The molecule has 0 aromatic heterocycles. The van der Waals surface area contributed by atoms with Gasteiger partial charge < -0.3 is 15.8 Å². The molecule has 0 fully saturated rings. The molecule has 0 heterocycles. The Bertz CT molecular complexity index is 564. The third kappa shape index (κ3) is 6.63. The molecule has 0 unspecified atom stereocenters. The summed E-state index contributed by atoms with van der Waals surface area (Å²) in [6.07, 6.45) is 2.47. The second kappa shape index (κ2) is 8.04. The van der Waals surface area contributed by atoms with Gasteiger partial charge in [-0.1, -0.05) is 6.92 Å². The van der Waals surface area contributed by atoms with Crippen molar-refractivity contribution in [1.82, 2.24) is 4.72 Å². The highest BCUT2D eigenvalue weighted by Crippen LogP contribution is 2.28. The number of halogens is 1. The molecule has 8 heteroatoms. The van der Waals surface area contributed by atoms with E-state index in [1.165, 1.54) is 12.1 Å². The number of hydrogen-bond donors (Lipinski definition) is 3. The Morgan fingerprint density at radius 1 is 1.33 bits per heavy atom. The second-order valence-electron chi connectivity index (χ2n) is 4.67. The molecule has 1 aromatic rings. The van der Waals surface area contributed by atoms with Gasteiger partial charge in [0, 0.05) is 25.2 Å². The van der Waals surface area contributed by atoms with Crippen LogP contribution >= 0.6 is 0 Å². The first-order valence-corrected chi connectivity index (χ1v) is 8.63. The van der Waals surface area contributed by atoms with Crippen LogP contribution in [0.3, 0.4) is 0 Å². The Balaban J connectivity index is 2.54. The summed E-state index contributed by atoms with van der Waals surface area (Å²) in [5, 5.41) is 3.04. The first kappa shape index (κ1) is 17.5. The Kier molecular flexibility index (Phi) is 6.70. The summed E-state index contributed by atoms with van der Waals surface area (Å²) in [6.45, 7) is 3.19. The van der Waals surface area contributed by atoms with Crippen molar-refractivity contribution in [3.63, 3.8) is 0 Å². The lowest BCUT2D eigenvalue weighted by atomic mass is 10.2. The second-order valence-corrected chi connectivity index (χ2v) is 6.50. The summed E-state index contributed by atoms with van der Waals surface area (Å²) in [4.78, 5) is 0. The standard InChI is InChI=1S/C13H22FN3O3S/c1-3-7-20-13-9-12(11(15)8-10(13)14)16-5-4-6-17-21(2,18)19/h8-9,16-17H,3-7,15H2,1-2H3. The minimum Gasteiger partial charge on any atom is -0.490 e. The molecule has 1 rings (SSSR count). The minimum absolute atomic E-state index is 0.155. The summed E-state index contributed by atoms with van der Waals surface area (Å²) in [5.74, 6) is -0.340. The quantitative estimate of drug-likeness (QED) is 0.474. The molecule has 0 radical (unpaired) electrons. The van der Waals surface area contributed by atoms with Gasteiger partial charge in [-0.25, -0.2) is 17.5 Å². The molecule has 0 bridgehead atoms. The lowest BCUT2D eigenvalue weighted by molar-refractivity contribution is 0.301. The fourth-order valence-corrected chi connectivity index (χ4v) is 2.13. The number of nitrogens with two attached hydrogens (primary N) is 1. The molecule has 0 saturated carbocycles. The largest absolute Gasteiger partial charge is 0.490 e. The Labute approximate surface area is 124 Å². The van der Waals surface area contributed by atoms with Gasteiger partial charge in [0.2, 0.25) is 10.0 Å². The number of anilines is 2. The van der Waals surface area contributed by atoms with Crippen LogP contribution in [-0.2, 0) is 10.0 Å². The molecular weight excluding hydrogens is 297 g/mol. The molecule has 0 amide bonds. The van der Waals surface area contributed by atoms with E-state index >= 15 is 0 Å². The molecule has 0 spiro atoms. The van der Waals surface area contributed by atoms with Gasteiger partial charge in [0.25, 0.3) is 0 Å². The lowest BCUT2D eigenvalue weighted by Crippen LogP contribution is -2.24. The maximum Gasteiger partial charge on any atom is 0.208 e. The van der Waals surface area contributed by atoms with Gasteiger partial charge in [0.15, 0.2) is 11.6 Å². The highest BCUT2D eigenvalue weighted by Gasteiger charge is 2.09. The highest BCUT2D eigenvalue weighted by atomic mass is 32.2. The maximum absolute atomic E-state index is 13.6. The molecular formula is C13H22FN3O3S. The van der Waals surface area contributed by atoms with Gasteiger partial charge in [-0.2, -0.15) is 0 Å². The normalized spacial score (nSPS) is 11.4. The van der Waals surface area contributed by atoms with Crippen molar-refractivity contribution in [1.29, 1.82) is 0 Å². The van der Waals surface area contributed by atoms with E-state index in [0.29, 0.717) is 31.8 Å². The summed E-state index contributed by atoms with van der Waals surface area (Å²) < 4.78 is 43.1. The minimum atomic E-state index is -3.17. The molecule has 0 atom stereocenters. The number of ether oxygens (including phenoxy) is 1. The van der Waals surface area contributed by atoms with E-state index in [1.54, 1.807) is 0 Å². The topological polar surface area (TPSA) is 93.5 Å². The van der Waals surface area contributed by atoms with Gasteiger partial charge in [-0.3, -0.25) is 0 Å². The van der Waals surface area contributed by atoms with Gasteiger partial charge in [0.1, 0.15) is 0 Å². The van der Waals surface area contributed by atoms with Crippen molar-refractivity contribution in [2.24, 2.45) is 0 Å². The fraction of sp³-hybridized carbons (Fsp3) is 0.538. The maximum atomic E-state index is 13.6. The number of hydrogen-bond acceptors (Lipinski definition) is 5. The van der Waals surface area contributed by atoms with Gasteiger partial charge >= 0.3 is 0 Å². The van der Waals surface area contributed by atoms with Crippen LogP contribution in [0, 0.1) is 5.82 Å². The van der Waals surface area contributed by atoms with E-state index in [4.69, 9.17) is 10.5 Å². The molecule has 1 aromatic carbocycles. The van der Waals surface area contributed by atoms with Crippen molar-refractivity contribution in [3.05, 3.63) is 17.9 Å². The van der Waals surface area contributed by atoms with Crippen LogP contribution in [0.1, 0.15) is 19.8 Å². The molecule has 0 saturated heterocycles. The zero-order chi connectivity index (χ0) is 15.9. The van der Waals surface area contributed by atoms with E-state index in [2.05, 4.69) is 10.0 Å². The molecule has 21 heavy (non-hydrogen) atoms. The van der Waals surface area contributed by atoms with Crippen molar-refractivity contribution >= 4 is 21.4 Å². The van der Waals surface area contributed by atoms with Crippen molar-refractivity contribution in [3.8, 4) is 5.75 Å². The molecule has 4 N–H and O–H groups in total. The van der Waals surface area contributed by atoms with Crippen LogP contribution in [0.5, 0.6) is 5.75 Å². The van der Waals surface area contributed by atoms with Gasteiger partial charge in [0.05, 0.1) is 24.2 Å². The Hall–Kier alpha value is -1.54. The summed E-state index contributed by atoms with van der Waals surface area (Å²) in [6, 6.07) is 2.73. The predicted molar refractivity (Wildman–Crippen MR) is 82.6 cm³/mol. The van der Waals surface area contributed by atoms with Crippen LogP contribution in [0.15, 0.2) is 12.1 Å². The zero-order valence-electron chi connectivity index (χ0n) is 12.3. The van der Waals surface area contributed by atoms with E-state index in [9.17, 15) is 12.8 Å². The fourth-order valence-electron chi connectivity index (χ4n) is 1.61. The van der Waals surface area contributed by atoms with E-state index in [1.807, 2.05) is 6.92 Å². The van der Waals surface area contributed by atoms with E-state index < -0.39 is 15.8 Å². The SMILES string of the molecule is CCCOc1cc(NCCCNS(C)(=O)=O)c(N)cc1F. The number of sulfonamides is 1. The zero-order valence-corrected chi connectivity index (χ0v) is 13.1. The molecule has 6 nitrogen and oxygen atoms in total. The number of nitrogens with one attached hydrogen (secondary N) is 2. The average Bonchev–Trinajstić information content (AvgIpc) is 2.38. The number of nitrogen functional groups attached to an aromatic ring is 1. The third-order valence-electron chi connectivity index (χ3n) is 2.60. The van der Waals surface area contributed by atoms with Crippen LogP contribution in [0.4, 0.5) is 15.8 Å². The summed E-state index contributed by atoms with van der Waals surface area (Å²) >= 11 is 0. The average molecular weight is 319 g/mol. The van der Waals surface area contributed by atoms with Crippen LogP contribution in [-0.4, -0.2) is 34.4 Å². The van der Waals surface area contributed by atoms with Crippen LogP contribution in [0.2, 0.25) is 0 Å². The van der Waals surface area contributed by atoms with Gasteiger partial charge in [-0.15, -0.1) is 0 Å². The van der Waals surface area contributed by atoms with Crippen LogP contribution < -0.4 is 20.5 Å². The molecule has 0 aliphatic heterocycles. The van der Waals surface area contributed by atoms with Gasteiger partial charge in [-0.05, 0) is 12.8 Å². The van der Waals surface area contributed by atoms with Crippen molar-refractivity contribution < 1.29 is 17.5 Å². The first-order chi connectivity index (χ1) is 9.83. The third-order valence-corrected chi connectivity index (χ3v) is 3.33. The number of benzene rings is 1. The Morgan fingerprint density at radius 3 is 2.67 bits per heavy atom. The monoisotopic (exact) mass is 319 g/mol. The molecule has 0 aliphatic carbocycles. The number of rotatable bonds is 9. The first-order valence-electron chi connectivity index (χ1n) is 6.74.